The van der Waals surface area contributed by atoms with Crippen LogP contribution < -0.4 is 5.32 Å². The van der Waals surface area contributed by atoms with E-state index in [0.717, 1.165) is 50.0 Å². The number of nitrogens with zero attached hydrogens (tertiary/aromatic N) is 1. The van der Waals surface area contributed by atoms with Gasteiger partial charge in [-0.05, 0) is 66.5 Å². The highest BCUT2D eigenvalue weighted by Gasteiger charge is 2.34. The summed E-state index contributed by atoms with van der Waals surface area (Å²) in [5.74, 6) is 0.603. The molecule has 6 heteroatoms. The Bertz CT molecular complexity index is 1150. The number of ether oxygens (including phenoxy) is 1. The minimum Gasteiger partial charge on any atom is -0.451 e. The highest BCUT2D eigenvalue weighted by atomic mass is 16.5. The first-order valence-electron chi connectivity index (χ1n) is 12.9. The molecule has 1 unspecified atom stereocenters. The molecule has 1 aromatic heterocycles. The molecule has 2 aliphatic rings. The first-order chi connectivity index (χ1) is 16.9. The number of furan rings is 1. The summed E-state index contributed by atoms with van der Waals surface area (Å²) in [7, 11) is 0. The minimum absolute atomic E-state index is 0.0921. The zero-order chi connectivity index (χ0) is 24.4. The normalized spacial score (nSPS) is 20.5. The zero-order valence-electron chi connectivity index (χ0n) is 20.8. The van der Waals surface area contributed by atoms with Crippen molar-refractivity contribution in [3.8, 4) is 0 Å². The molecule has 2 aromatic carbocycles. The molecule has 35 heavy (non-hydrogen) atoms. The van der Waals surface area contributed by atoms with Crippen LogP contribution in [0.2, 0.25) is 0 Å². The molecule has 0 spiro atoms. The number of amides is 1. The Labute approximate surface area is 207 Å². The number of aliphatic hydroxyl groups is 1. The number of nitrogens with one attached hydrogen (secondary N) is 1. The fraction of sp³-hybridized carbons (Fsp3) is 0.483. The van der Waals surface area contributed by atoms with E-state index < -0.39 is 5.60 Å². The molecule has 6 nitrogen and oxygen atoms in total. The van der Waals surface area contributed by atoms with Crippen molar-refractivity contribution in [1.29, 1.82) is 0 Å². The van der Waals surface area contributed by atoms with Crippen LogP contribution in [0.5, 0.6) is 0 Å². The Morgan fingerprint density at radius 2 is 1.91 bits per heavy atom. The van der Waals surface area contributed by atoms with Gasteiger partial charge in [-0.3, -0.25) is 9.69 Å². The average Bonchev–Trinajstić information content (AvgIpc) is 3.54. The molecule has 2 fully saturated rings. The molecule has 0 radical (unpaired) electrons. The van der Waals surface area contributed by atoms with Crippen molar-refractivity contribution in [1.82, 2.24) is 10.2 Å². The van der Waals surface area contributed by atoms with Crippen molar-refractivity contribution >= 4 is 16.9 Å². The summed E-state index contributed by atoms with van der Waals surface area (Å²) >= 11 is 0. The Morgan fingerprint density at radius 1 is 1.14 bits per heavy atom. The van der Waals surface area contributed by atoms with Gasteiger partial charge in [0.2, 0.25) is 0 Å². The van der Waals surface area contributed by atoms with Crippen molar-refractivity contribution in [2.75, 3.05) is 26.2 Å². The first-order valence-corrected chi connectivity index (χ1v) is 12.9. The van der Waals surface area contributed by atoms with Crippen LogP contribution in [0.3, 0.4) is 0 Å². The van der Waals surface area contributed by atoms with E-state index in [1.807, 2.05) is 18.2 Å². The quantitative estimate of drug-likeness (QED) is 0.505. The molecule has 2 aliphatic heterocycles. The van der Waals surface area contributed by atoms with Crippen LogP contribution in [0.1, 0.15) is 72.7 Å². The minimum atomic E-state index is -0.869. The summed E-state index contributed by atoms with van der Waals surface area (Å²) in [6.45, 7) is 8.26. The number of carbonyl (C=O) groups excluding carboxylic acids is 1. The molecule has 2 saturated heterocycles. The van der Waals surface area contributed by atoms with Crippen LogP contribution in [-0.4, -0.2) is 48.3 Å². The number of piperidine rings is 1. The van der Waals surface area contributed by atoms with E-state index in [0.29, 0.717) is 36.6 Å². The number of rotatable bonds is 7. The smallest absolute Gasteiger partial charge is 0.287 e. The molecule has 186 valence electrons. The van der Waals surface area contributed by atoms with Gasteiger partial charge >= 0.3 is 0 Å². The van der Waals surface area contributed by atoms with Crippen LogP contribution in [0.15, 0.2) is 52.9 Å². The molecule has 5 rings (SSSR count). The third-order valence-electron chi connectivity index (χ3n) is 7.53. The van der Waals surface area contributed by atoms with Crippen molar-refractivity contribution < 1.29 is 19.1 Å². The topological polar surface area (TPSA) is 74.9 Å². The van der Waals surface area contributed by atoms with Crippen LogP contribution in [0.25, 0.3) is 11.0 Å². The van der Waals surface area contributed by atoms with E-state index in [2.05, 4.69) is 48.3 Å². The van der Waals surface area contributed by atoms with Crippen molar-refractivity contribution in [2.45, 2.75) is 63.7 Å². The molecular formula is C29H36N2O4. The molecule has 2 N–H and O–H groups in total. The van der Waals surface area contributed by atoms with E-state index in [9.17, 15) is 9.90 Å². The van der Waals surface area contributed by atoms with Gasteiger partial charge in [0.05, 0.1) is 11.7 Å². The predicted octanol–water partition coefficient (Wildman–Crippen LogP) is 4.95. The van der Waals surface area contributed by atoms with Crippen molar-refractivity contribution in [3.63, 3.8) is 0 Å². The maximum atomic E-state index is 12.5. The lowest BCUT2D eigenvalue weighted by Gasteiger charge is -2.38. The molecule has 0 aliphatic carbocycles. The fourth-order valence-electron chi connectivity index (χ4n) is 5.18. The molecule has 1 atom stereocenters. The van der Waals surface area contributed by atoms with Crippen molar-refractivity contribution in [2.24, 2.45) is 0 Å². The molecule has 0 bridgehead atoms. The van der Waals surface area contributed by atoms with Gasteiger partial charge in [0.15, 0.2) is 5.76 Å². The molecular weight excluding hydrogens is 440 g/mol. The lowest BCUT2D eigenvalue weighted by atomic mass is 9.84. The summed E-state index contributed by atoms with van der Waals surface area (Å²) in [6.07, 6.45) is 3.46. The number of carbonyl (C=O) groups is 1. The molecule has 3 aromatic rings. The number of hydrogen-bond donors (Lipinski definition) is 2. The zero-order valence-corrected chi connectivity index (χ0v) is 20.8. The summed E-state index contributed by atoms with van der Waals surface area (Å²) in [4.78, 5) is 15.0. The van der Waals surface area contributed by atoms with Crippen LogP contribution >= 0.6 is 0 Å². The summed E-state index contributed by atoms with van der Waals surface area (Å²) in [5.41, 5.74) is 3.34. The number of benzene rings is 2. The van der Waals surface area contributed by atoms with Gasteiger partial charge in [-0.15, -0.1) is 0 Å². The molecule has 0 saturated carbocycles. The van der Waals surface area contributed by atoms with Crippen LogP contribution in [0, 0.1) is 0 Å². The maximum Gasteiger partial charge on any atom is 0.287 e. The molecule has 1 amide bonds. The second-order valence-corrected chi connectivity index (χ2v) is 10.4. The van der Waals surface area contributed by atoms with E-state index in [4.69, 9.17) is 9.15 Å². The van der Waals surface area contributed by atoms with Crippen LogP contribution in [-0.2, 0) is 16.9 Å². The average molecular weight is 477 g/mol. The summed E-state index contributed by atoms with van der Waals surface area (Å²) in [6, 6.07) is 16.4. The summed E-state index contributed by atoms with van der Waals surface area (Å²) < 4.78 is 11.4. The van der Waals surface area contributed by atoms with E-state index in [1.54, 1.807) is 6.07 Å². The van der Waals surface area contributed by atoms with Gasteiger partial charge in [-0.25, -0.2) is 0 Å². The lowest BCUT2D eigenvalue weighted by Crippen LogP contribution is -2.42. The monoisotopic (exact) mass is 476 g/mol. The Hall–Kier alpha value is -2.67. The maximum absolute atomic E-state index is 12.5. The standard InChI is InChI=1S/C29H36N2O4/c1-20(2)22-7-5-21(6-8-22)19-31-13-11-29(33,12-14-31)24-9-10-26-23(16-24)17-27(35-26)28(32)30-18-25-4-3-15-34-25/h5-10,16-17,20,25,33H,3-4,11-15,18-19H2,1-2H3,(H,30,32). The lowest BCUT2D eigenvalue weighted by molar-refractivity contribution is -0.0276. The molecule has 3 heterocycles. The third-order valence-corrected chi connectivity index (χ3v) is 7.53. The van der Waals surface area contributed by atoms with Gasteiger partial charge in [-0.2, -0.15) is 0 Å². The Morgan fingerprint density at radius 3 is 2.60 bits per heavy atom. The number of likely N-dealkylation sites (tertiary alicyclic amines) is 1. The van der Waals surface area contributed by atoms with Gasteiger partial charge in [-0.1, -0.05) is 44.2 Å². The second kappa shape index (κ2) is 10.1. The van der Waals surface area contributed by atoms with Gasteiger partial charge in [0.1, 0.15) is 5.58 Å². The highest BCUT2D eigenvalue weighted by molar-refractivity contribution is 5.96. The van der Waals surface area contributed by atoms with Gasteiger partial charge in [0, 0.05) is 38.2 Å². The van der Waals surface area contributed by atoms with Crippen LogP contribution in [0.4, 0.5) is 0 Å². The predicted molar refractivity (Wildman–Crippen MR) is 136 cm³/mol. The van der Waals surface area contributed by atoms with Crippen molar-refractivity contribution in [3.05, 3.63) is 71.0 Å². The van der Waals surface area contributed by atoms with Gasteiger partial charge < -0.3 is 19.6 Å². The van der Waals surface area contributed by atoms with E-state index in [1.165, 1.54) is 11.1 Å². The number of fused-ring (bicyclic) bond motifs is 1. The SMILES string of the molecule is CC(C)c1ccc(CN2CCC(O)(c3ccc4oc(C(=O)NCC5CCCO5)cc4c3)CC2)cc1. The van der Waals surface area contributed by atoms with E-state index in [-0.39, 0.29) is 12.0 Å². The summed E-state index contributed by atoms with van der Waals surface area (Å²) in [5, 5.41) is 15.2. The Kier molecular flexibility index (Phi) is 6.96. The third kappa shape index (κ3) is 5.45. The van der Waals surface area contributed by atoms with E-state index >= 15 is 0 Å². The van der Waals surface area contributed by atoms with Gasteiger partial charge in [0.25, 0.3) is 5.91 Å². The second-order valence-electron chi connectivity index (χ2n) is 10.4. The Balaban J connectivity index is 1.20. The largest absolute Gasteiger partial charge is 0.451 e. The first kappa shape index (κ1) is 24.0. The highest BCUT2D eigenvalue weighted by Crippen LogP contribution is 2.35. The fourth-order valence-corrected chi connectivity index (χ4v) is 5.18. The number of hydrogen-bond acceptors (Lipinski definition) is 5.